The van der Waals surface area contributed by atoms with E-state index in [-0.39, 0.29) is 23.9 Å². The van der Waals surface area contributed by atoms with Crippen molar-refractivity contribution in [2.75, 3.05) is 6.61 Å². The predicted octanol–water partition coefficient (Wildman–Crippen LogP) is 2.12. The molecule has 4 rings (SSSR count). The Morgan fingerprint density at radius 1 is 1.15 bits per heavy atom. The van der Waals surface area contributed by atoms with Crippen molar-refractivity contribution in [1.82, 2.24) is 20.2 Å². The summed E-state index contributed by atoms with van der Waals surface area (Å²) in [7, 11) is 0. The number of aromatic nitrogens is 2. The fourth-order valence-electron chi connectivity index (χ4n) is 3.91. The van der Waals surface area contributed by atoms with E-state index in [4.69, 9.17) is 4.74 Å². The number of nitrogens with one attached hydrogen (secondary N) is 2. The summed E-state index contributed by atoms with van der Waals surface area (Å²) in [4.78, 5) is 28.1. The quantitative estimate of drug-likeness (QED) is 0.869. The van der Waals surface area contributed by atoms with Crippen molar-refractivity contribution in [3.8, 4) is 17.0 Å². The van der Waals surface area contributed by atoms with Gasteiger partial charge in [-0.15, -0.1) is 0 Å². The van der Waals surface area contributed by atoms with Crippen LogP contribution in [0.3, 0.4) is 0 Å². The Labute approximate surface area is 158 Å². The number of amides is 2. The van der Waals surface area contributed by atoms with Crippen LogP contribution in [0.1, 0.15) is 43.0 Å². The molecule has 0 radical (unpaired) electrons. The molecule has 2 aliphatic rings. The van der Waals surface area contributed by atoms with E-state index in [1.807, 2.05) is 22.8 Å². The lowest BCUT2D eigenvalue weighted by molar-refractivity contribution is -0.119. The Morgan fingerprint density at radius 2 is 1.89 bits per heavy atom. The molecule has 1 aromatic carbocycles. The highest BCUT2D eigenvalue weighted by molar-refractivity contribution is 5.96. The highest BCUT2D eigenvalue weighted by atomic mass is 16.5. The van der Waals surface area contributed by atoms with E-state index in [9.17, 15) is 9.59 Å². The lowest BCUT2D eigenvalue weighted by Gasteiger charge is -2.29. The second-order valence-corrected chi connectivity index (χ2v) is 7.25. The summed E-state index contributed by atoms with van der Waals surface area (Å²) in [5.74, 6) is 0.714. The average Bonchev–Trinajstić information content (AvgIpc) is 3.04. The lowest BCUT2D eigenvalue weighted by atomic mass is 9.91. The highest BCUT2D eigenvalue weighted by Gasteiger charge is 2.24. The first-order chi connectivity index (χ1) is 13.1. The summed E-state index contributed by atoms with van der Waals surface area (Å²) in [6.07, 6.45) is 7.12. The molecule has 2 amide bonds. The molecule has 0 bridgehead atoms. The van der Waals surface area contributed by atoms with Crippen LogP contribution in [0.15, 0.2) is 30.7 Å². The second kappa shape index (κ2) is 7.42. The molecular formula is C20H24N4O3. The molecule has 142 valence electrons. The van der Waals surface area contributed by atoms with Crippen molar-refractivity contribution in [2.24, 2.45) is 0 Å². The first kappa shape index (κ1) is 17.6. The lowest BCUT2D eigenvalue weighted by Crippen LogP contribution is -2.43. The molecule has 2 heterocycles. The van der Waals surface area contributed by atoms with Crippen molar-refractivity contribution >= 4 is 11.8 Å². The molecule has 2 N–H and O–H groups in total. The van der Waals surface area contributed by atoms with E-state index in [0.717, 1.165) is 49.2 Å². The van der Waals surface area contributed by atoms with E-state index in [1.165, 1.54) is 0 Å². The van der Waals surface area contributed by atoms with E-state index in [1.54, 1.807) is 19.4 Å². The normalized spacial score (nSPS) is 21.2. The Balaban J connectivity index is 1.45. The van der Waals surface area contributed by atoms with Crippen molar-refractivity contribution in [3.05, 3.63) is 36.3 Å². The van der Waals surface area contributed by atoms with Gasteiger partial charge in [0.25, 0.3) is 5.91 Å². The van der Waals surface area contributed by atoms with Gasteiger partial charge in [0.2, 0.25) is 5.91 Å². The van der Waals surface area contributed by atoms with Crippen LogP contribution in [-0.4, -0.2) is 40.1 Å². The molecule has 1 fully saturated rings. The number of carbonyl (C=O) groups is 2. The fourth-order valence-corrected chi connectivity index (χ4v) is 3.91. The zero-order valence-electron chi connectivity index (χ0n) is 15.4. The number of nitrogens with zero attached hydrogens (tertiary/aromatic N) is 2. The SMILES string of the molecule is CC(=O)NC1CCC(NC(=O)c2ccc3c(c2)-c2cncn2CCO3)CC1. The molecular weight excluding hydrogens is 344 g/mol. The van der Waals surface area contributed by atoms with Gasteiger partial charge in [0, 0.05) is 30.1 Å². The van der Waals surface area contributed by atoms with Gasteiger partial charge in [-0.1, -0.05) is 0 Å². The number of rotatable bonds is 3. The van der Waals surface area contributed by atoms with Crippen molar-refractivity contribution in [2.45, 2.75) is 51.2 Å². The molecule has 7 nitrogen and oxygen atoms in total. The molecule has 1 saturated carbocycles. The Morgan fingerprint density at radius 3 is 2.63 bits per heavy atom. The van der Waals surface area contributed by atoms with Gasteiger partial charge in [-0.05, 0) is 43.9 Å². The Bertz CT molecular complexity index is 853. The summed E-state index contributed by atoms with van der Waals surface area (Å²) >= 11 is 0. The van der Waals surface area contributed by atoms with Crippen LogP contribution in [0.2, 0.25) is 0 Å². The van der Waals surface area contributed by atoms with Crippen LogP contribution >= 0.6 is 0 Å². The Kier molecular flexibility index (Phi) is 4.83. The zero-order valence-corrected chi connectivity index (χ0v) is 15.4. The zero-order chi connectivity index (χ0) is 18.8. The van der Waals surface area contributed by atoms with Gasteiger partial charge >= 0.3 is 0 Å². The number of hydrogen-bond acceptors (Lipinski definition) is 4. The fraction of sp³-hybridized carbons (Fsp3) is 0.450. The number of hydrogen-bond donors (Lipinski definition) is 2. The standard InChI is InChI=1S/C20H24N4O3/c1-13(25)22-15-3-5-16(6-4-15)23-20(26)14-2-7-19-17(10-14)18-11-21-12-24(18)8-9-27-19/h2,7,10-12,15-16H,3-6,8-9H2,1H3,(H,22,25)(H,23,26). The van der Waals surface area contributed by atoms with Gasteiger partial charge in [0.15, 0.2) is 0 Å². The molecule has 1 aromatic heterocycles. The summed E-state index contributed by atoms with van der Waals surface area (Å²) in [6, 6.07) is 5.92. The van der Waals surface area contributed by atoms with Crippen molar-refractivity contribution in [3.63, 3.8) is 0 Å². The second-order valence-electron chi connectivity index (χ2n) is 7.25. The van der Waals surface area contributed by atoms with Crippen molar-refractivity contribution < 1.29 is 14.3 Å². The van der Waals surface area contributed by atoms with Gasteiger partial charge in [0.1, 0.15) is 12.4 Å². The van der Waals surface area contributed by atoms with Gasteiger partial charge in [-0.3, -0.25) is 9.59 Å². The molecule has 7 heteroatoms. The number of benzene rings is 1. The van der Waals surface area contributed by atoms with Gasteiger partial charge in [-0.25, -0.2) is 4.98 Å². The number of ether oxygens (including phenoxy) is 1. The first-order valence-electron chi connectivity index (χ1n) is 9.45. The van der Waals surface area contributed by atoms with E-state index in [2.05, 4.69) is 15.6 Å². The van der Waals surface area contributed by atoms with Crippen LogP contribution in [0, 0.1) is 0 Å². The summed E-state index contributed by atoms with van der Waals surface area (Å²) in [6.45, 7) is 2.87. The summed E-state index contributed by atoms with van der Waals surface area (Å²) in [5.41, 5.74) is 2.48. The smallest absolute Gasteiger partial charge is 0.251 e. The minimum Gasteiger partial charge on any atom is -0.491 e. The molecule has 0 atom stereocenters. The molecule has 0 saturated heterocycles. The van der Waals surface area contributed by atoms with Crippen LogP contribution < -0.4 is 15.4 Å². The van der Waals surface area contributed by atoms with E-state index >= 15 is 0 Å². The third-order valence-electron chi connectivity index (χ3n) is 5.29. The maximum atomic E-state index is 12.8. The summed E-state index contributed by atoms with van der Waals surface area (Å²) in [5, 5.41) is 6.09. The highest BCUT2D eigenvalue weighted by Crippen LogP contribution is 2.33. The van der Waals surface area contributed by atoms with Gasteiger partial charge in [-0.2, -0.15) is 0 Å². The monoisotopic (exact) mass is 368 g/mol. The van der Waals surface area contributed by atoms with Crippen LogP contribution in [-0.2, 0) is 11.3 Å². The number of carbonyl (C=O) groups excluding carboxylic acids is 2. The molecule has 2 aromatic rings. The number of imidazole rings is 1. The van der Waals surface area contributed by atoms with Gasteiger partial charge in [0.05, 0.1) is 24.8 Å². The minimum atomic E-state index is -0.0731. The maximum Gasteiger partial charge on any atom is 0.251 e. The number of fused-ring (bicyclic) bond motifs is 3. The van der Waals surface area contributed by atoms with Gasteiger partial charge < -0.3 is 19.9 Å². The topological polar surface area (TPSA) is 85.3 Å². The molecule has 0 unspecified atom stereocenters. The first-order valence-corrected chi connectivity index (χ1v) is 9.45. The molecule has 1 aliphatic carbocycles. The van der Waals surface area contributed by atoms with Crippen LogP contribution in [0.4, 0.5) is 0 Å². The molecule has 1 aliphatic heterocycles. The average molecular weight is 368 g/mol. The van der Waals surface area contributed by atoms with E-state index in [0.29, 0.717) is 12.2 Å². The van der Waals surface area contributed by atoms with E-state index < -0.39 is 0 Å². The largest absolute Gasteiger partial charge is 0.491 e. The third kappa shape index (κ3) is 3.82. The third-order valence-corrected chi connectivity index (χ3v) is 5.29. The minimum absolute atomic E-state index is 0.00826. The maximum absolute atomic E-state index is 12.8. The molecule has 0 spiro atoms. The van der Waals surface area contributed by atoms with Crippen LogP contribution in [0.5, 0.6) is 5.75 Å². The van der Waals surface area contributed by atoms with Crippen molar-refractivity contribution in [1.29, 1.82) is 0 Å². The predicted molar refractivity (Wildman–Crippen MR) is 100 cm³/mol. The Hall–Kier alpha value is -2.83. The van der Waals surface area contributed by atoms with Crippen LogP contribution in [0.25, 0.3) is 11.3 Å². The molecule has 27 heavy (non-hydrogen) atoms. The summed E-state index contributed by atoms with van der Waals surface area (Å²) < 4.78 is 7.84.